The minimum atomic E-state index is -0.174. The highest BCUT2D eigenvalue weighted by molar-refractivity contribution is 7.09. The lowest BCUT2D eigenvalue weighted by Crippen LogP contribution is -2.25. The molecule has 1 amide bonds. The molecule has 0 atom stereocenters. The first-order chi connectivity index (χ1) is 9.22. The molecular formula is C13H14ClN3OS. The van der Waals surface area contributed by atoms with Crippen LogP contribution in [-0.4, -0.2) is 22.0 Å². The maximum atomic E-state index is 12.0. The molecular weight excluding hydrogens is 282 g/mol. The lowest BCUT2D eigenvalue weighted by atomic mass is 10.1. The van der Waals surface area contributed by atoms with E-state index in [1.165, 1.54) is 11.5 Å². The Morgan fingerprint density at radius 2 is 2.11 bits per heavy atom. The molecule has 0 fully saturated rings. The van der Waals surface area contributed by atoms with Crippen LogP contribution in [-0.2, 0) is 0 Å². The van der Waals surface area contributed by atoms with Gasteiger partial charge in [0, 0.05) is 11.6 Å². The number of unbranched alkanes of at least 4 members (excludes halogenated alkanes) is 1. The summed E-state index contributed by atoms with van der Waals surface area (Å²) in [5, 5.41) is 7.43. The van der Waals surface area contributed by atoms with Crippen molar-refractivity contribution in [1.29, 1.82) is 0 Å². The number of carbonyl (C=O) groups is 1. The van der Waals surface area contributed by atoms with E-state index in [4.69, 9.17) is 11.6 Å². The predicted octanol–water partition coefficient (Wildman–Crippen LogP) is 3.39. The topological polar surface area (TPSA) is 54.9 Å². The third-order valence-corrected chi connectivity index (χ3v) is 3.65. The molecule has 1 heterocycles. The van der Waals surface area contributed by atoms with Gasteiger partial charge in [-0.3, -0.25) is 4.79 Å². The van der Waals surface area contributed by atoms with Crippen LogP contribution in [0.3, 0.4) is 0 Å². The lowest BCUT2D eigenvalue weighted by Gasteiger charge is -2.03. The van der Waals surface area contributed by atoms with Crippen molar-refractivity contribution in [3.63, 3.8) is 0 Å². The average molecular weight is 296 g/mol. The smallest absolute Gasteiger partial charge is 0.273 e. The standard InChI is InChI=1S/C13H14ClN3OS/c1-2-3-8-15-13(18)11-12(19-17-16-11)9-4-6-10(14)7-5-9/h4-7H,2-3,8H2,1H3,(H,15,18). The number of hydrogen-bond donors (Lipinski definition) is 1. The molecule has 0 saturated carbocycles. The van der Waals surface area contributed by atoms with E-state index in [1.54, 1.807) is 12.1 Å². The fourth-order valence-electron chi connectivity index (χ4n) is 1.59. The van der Waals surface area contributed by atoms with E-state index in [9.17, 15) is 4.79 Å². The summed E-state index contributed by atoms with van der Waals surface area (Å²) in [5.41, 5.74) is 1.28. The van der Waals surface area contributed by atoms with Gasteiger partial charge in [-0.1, -0.05) is 41.6 Å². The molecule has 0 unspecified atom stereocenters. The quantitative estimate of drug-likeness (QED) is 0.860. The molecule has 0 aliphatic rings. The fourth-order valence-corrected chi connectivity index (χ4v) is 2.38. The van der Waals surface area contributed by atoms with Gasteiger partial charge < -0.3 is 5.32 Å². The van der Waals surface area contributed by atoms with Crippen LogP contribution in [0.25, 0.3) is 10.4 Å². The number of rotatable bonds is 5. The summed E-state index contributed by atoms with van der Waals surface area (Å²) < 4.78 is 3.87. The van der Waals surface area contributed by atoms with Gasteiger partial charge in [0.15, 0.2) is 5.69 Å². The van der Waals surface area contributed by atoms with Crippen LogP contribution in [0.15, 0.2) is 24.3 Å². The summed E-state index contributed by atoms with van der Waals surface area (Å²) >= 11 is 7.06. The van der Waals surface area contributed by atoms with Crippen molar-refractivity contribution >= 4 is 29.0 Å². The Kier molecular flexibility index (Phi) is 4.87. The van der Waals surface area contributed by atoms with Gasteiger partial charge in [0.25, 0.3) is 5.91 Å². The van der Waals surface area contributed by atoms with Crippen LogP contribution < -0.4 is 5.32 Å². The monoisotopic (exact) mass is 295 g/mol. The summed E-state index contributed by atoms with van der Waals surface area (Å²) in [7, 11) is 0. The normalized spacial score (nSPS) is 10.4. The minimum absolute atomic E-state index is 0.174. The first-order valence-electron chi connectivity index (χ1n) is 6.09. The number of halogens is 1. The molecule has 2 rings (SSSR count). The van der Waals surface area contributed by atoms with Crippen LogP contribution in [0.2, 0.25) is 5.02 Å². The van der Waals surface area contributed by atoms with Gasteiger partial charge in [0.05, 0.1) is 4.88 Å². The largest absolute Gasteiger partial charge is 0.351 e. The van der Waals surface area contributed by atoms with Crippen LogP contribution in [0.4, 0.5) is 0 Å². The summed E-state index contributed by atoms with van der Waals surface area (Å²) in [6.07, 6.45) is 2.00. The number of amides is 1. The van der Waals surface area contributed by atoms with E-state index >= 15 is 0 Å². The van der Waals surface area contributed by atoms with E-state index < -0.39 is 0 Å². The molecule has 1 N–H and O–H groups in total. The minimum Gasteiger partial charge on any atom is -0.351 e. The molecule has 0 aliphatic carbocycles. The SMILES string of the molecule is CCCCNC(=O)c1nnsc1-c1ccc(Cl)cc1. The highest BCUT2D eigenvalue weighted by Crippen LogP contribution is 2.27. The van der Waals surface area contributed by atoms with Crippen molar-refractivity contribution in [2.24, 2.45) is 0 Å². The highest BCUT2D eigenvalue weighted by Gasteiger charge is 2.17. The molecule has 19 heavy (non-hydrogen) atoms. The van der Waals surface area contributed by atoms with Crippen molar-refractivity contribution in [2.45, 2.75) is 19.8 Å². The van der Waals surface area contributed by atoms with E-state index in [0.717, 1.165) is 23.3 Å². The molecule has 1 aromatic carbocycles. The Morgan fingerprint density at radius 1 is 1.37 bits per heavy atom. The molecule has 0 spiro atoms. The zero-order valence-electron chi connectivity index (χ0n) is 10.5. The van der Waals surface area contributed by atoms with Crippen molar-refractivity contribution in [3.8, 4) is 10.4 Å². The molecule has 2 aromatic rings. The number of carbonyl (C=O) groups excluding carboxylic acids is 1. The Morgan fingerprint density at radius 3 is 2.79 bits per heavy atom. The first kappa shape index (κ1) is 14.0. The molecule has 100 valence electrons. The second-order valence-electron chi connectivity index (χ2n) is 4.07. The van der Waals surface area contributed by atoms with E-state index in [1.807, 2.05) is 12.1 Å². The zero-order chi connectivity index (χ0) is 13.7. The van der Waals surface area contributed by atoms with E-state index in [0.29, 0.717) is 17.3 Å². The number of benzene rings is 1. The number of nitrogens with one attached hydrogen (secondary N) is 1. The summed E-state index contributed by atoms with van der Waals surface area (Å²) in [4.78, 5) is 12.8. The van der Waals surface area contributed by atoms with Crippen LogP contribution in [0.5, 0.6) is 0 Å². The summed E-state index contributed by atoms with van der Waals surface area (Å²) in [5.74, 6) is -0.174. The molecule has 0 bridgehead atoms. The van der Waals surface area contributed by atoms with Crippen molar-refractivity contribution < 1.29 is 4.79 Å². The Balaban J connectivity index is 2.17. The average Bonchev–Trinajstić information content (AvgIpc) is 2.89. The maximum absolute atomic E-state index is 12.0. The molecule has 6 heteroatoms. The number of aromatic nitrogens is 2. The van der Waals surface area contributed by atoms with Gasteiger partial charge in [0.1, 0.15) is 0 Å². The van der Waals surface area contributed by atoms with Gasteiger partial charge in [-0.15, -0.1) is 5.10 Å². The fraction of sp³-hybridized carbons (Fsp3) is 0.308. The highest BCUT2D eigenvalue weighted by atomic mass is 35.5. The third kappa shape index (κ3) is 3.52. The summed E-state index contributed by atoms with van der Waals surface area (Å²) in [6, 6.07) is 7.30. The predicted molar refractivity (Wildman–Crippen MR) is 77.6 cm³/mol. The van der Waals surface area contributed by atoms with Crippen LogP contribution in [0.1, 0.15) is 30.3 Å². The van der Waals surface area contributed by atoms with E-state index in [2.05, 4.69) is 21.8 Å². The van der Waals surface area contributed by atoms with Gasteiger partial charge in [-0.2, -0.15) is 0 Å². The third-order valence-electron chi connectivity index (χ3n) is 2.63. The van der Waals surface area contributed by atoms with Crippen molar-refractivity contribution in [3.05, 3.63) is 35.0 Å². The Bertz CT molecular complexity index is 553. The molecule has 4 nitrogen and oxygen atoms in total. The van der Waals surface area contributed by atoms with Gasteiger partial charge in [-0.25, -0.2) is 0 Å². The van der Waals surface area contributed by atoms with Crippen molar-refractivity contribution in [2.75, 3.05) is 6.54 Å². The van der Waals surface area contributed by atoms with Gasteiger partial charge in [0.2, 0.25) is 0 Å². The Hall–Kier alpha value is -1.46. The zero-order valence-corrected chi connectivity index (χ0v) is 12.1. The van der Waals surface area contributed by atoms with E-state index in [-0.39, 0.29) is 5.91 Å². The molecule has 0 aliphatic heterocycles. The second kappa shape index (κ2) is 6.63. The molecule has 0 radical (unpaired) electrons. The number of hydrogen-bond acceptors (Lipinski definition) is 4. The first-order valence-corrected chi connectivity index (χ1v) is 7.24. The van der Waals surface area contributed by atoms with Crippen LogP contribution >= 0.6 is 23.1 Å². The van der Waals surface area contributed by atoms with Crippen LogP contribution in [0, 0.1) is 0 Å². The van der Waals surface area contributed by atoms with Gasteiger partial charge in [-0.05, 0) is 35.6 Å². The Labute approximate surface area is 121 Å². The molecule has 0 saturated heterocycles. The molecule has 1 aromatic heterocycles. The van der Waals surface area contributed by atoms with Crippen molar-refractivity contribution in [1.82, 2.24) is 14.9 Å². The second-order valence-corrected chi connectivity index (χ2v) is 5.26. The summed E-state index contributed by atoms with van der Waals surface area (Å²) in [6.45, 7) is 2.74. The maximum Gasteiger partial charge on any atom is 0.273 e. The lowest BCUT2D eigenvalue weighted by molar-refractivity contribution is 0.0949. The number of nitrogens with zero attached hydrogens (tertiary/aromatic N) is 2. The van der Waals surface area contributed by atoms with Gasteiger partial charge >= 0.3 is 0 Å².